The van der Waals surface area contributed by atoms with E-state index in [1.807, 2.05) is 23.1 Å². The van der Waals surface area contributed by atoms with E-state index in [2.05, 4.69) is 33.0 Å². The van der Waals surface area contributed by atoms with Crippen LogP contribution in [0.4, 0.5) is 0 Å². The molecule has 16 heavy (non-hydrogen) atoms. The minimum Gasteiger partial charge on any atom is -0.312 e. The lowest BCUT2D eigenvalue weighted by atomic mass is 10.1. The zero-order valence-electron chi connectivity index (χ0n) is 10.7. The molecule has 0 unspecified atom stereocenters. The summed E-state index contributed by atoms with van der Waals surface area (Å²) in [6, 6.07) is 0. The first-order valence-electron chi connectivity index (χ1n) is 5.95. The van der Waals surface area contributed by atoms with Gasteiger partial charge in [-0.1, -0.05) is 27.7 Å². The first-order valence-corrected chi connectivity index (χ1v) is 7.93. The molecule has 1 heterocycles. The molecule has 0 aliphatic heterocycles. The third-order valence-electron chi connectivity index (χ3n) is 2.28. The number of thioether (sulfide) groups is 1. The highest BCUT2D eigenvalue weighted by atomic mass is 32.2. The van der Waals surface area contributed by atoms with Crippen LogP contribution in [-0.2, 0) is 12.3 Å². The maximum atomic E-state index is 4.76. The van der Waals surface area contributed by atoms with E-state index in [1.165, 1.54) is 21.3 Å². The van der Waals surface area contributed by atoms with Gasteiger partial charge >= 0.3 is 0 Å². The normalized spacial score (nSPS) is 11.3. The average molecular weight is 258 g/mol. The van der Waals surface area contributed by atoms with E-state index in [9.17, 15) is 0 Å². The van der Waals surface area contributed by atoms with E-state index in [1.54, 1.807) is 0 Å². The van der Waals surface area contributed by atoms with Gasteiger partial charge in [0, 0.05) is 17.2 Å². The van der Waals surface area contributed by atoms with Gasteiger partial charge in [0.1, 0.15) is 5.01 Å². The second-order valence-corrected chi connectivity index (χ2v) is 6.43. The van der Waals surface area contributed by atoms with Crippen LogP contribution >= 0.6 is 23.1 Å². The highest BCUT2D eigenvalue weighted by molar-refractivity contribution is 7.98. The van der Waals surface area contributed by atoms with Crippen LogP contribution in [0.25, 0.3) is 0 Å². The highest BCUT2D eigenvalue weighted by Gasteiger charge is 2.13. The summed E-state index contributed by atoms with van der Waals surface area (Å²) in [5.41, 5.74) is 1.29. The van der Waals surface area contributed by atoms with Crippen LogP contribution in [0.2, 0.25) is 0 Å². The number of nitrogens with zero attached hydrogens (tertiary/aromatic N) is 1. The summed E-state index contributed by atoms with van der Waals surface area (Å²) in [5.74, 6) is 2.76. The van der Waals surface area contributed by atoms with Gasteiger partial charge in [-0.3, -0.25) is 0 Å². The van der Waals surface area contributed by atoms with Crippen molar-refractivity contribution in [3.63, 3.8) is 0 Å². The Labute approximate surface area is 107 Å². The van der Waals surface area contributed by atoms with Crippen molar-refractivity contribution < 1.29 is 0 Å². The van der Waals surface area contributed by atoms with Gasteiger partial charge in [-0.05, 0) is 18.2 Å². The highest BCUT2D eigenvalue weighted by Crippen LogP contribution is 2.27. The van der Waals surface area contributed by atoms with Crippen molar-refractivity contribution in [1.82, 2.24) is 10.3 Å². The monoisotopic (exact) mass is 258 g/mol. The fourth-order valence-electron chi connectivity index (χ4n) is 1.48. The molecule has 0 bridgehead atoms. The smallest absolute Gasteiger partial charge is 0.103 e. The van der Waals surface area contributed by atoms with Gasteiger partial charge in [0.15, 0.2) is 0 Å². The quantitative estimate of drug-likeness (QED) is 0.808. The third kappa shape index (κ3) is 4.07. The molecular formula is C12H22N2S2. The van der Waals surface area contributed by atoms with Gasteiger partial charge in [0.25, 0.3) is 0 Å². The summed E-state index contributed by atoms with van der Waals surface area (Å²) in [6.45, 7) is 10.8. The SMILES string of the molecule is CCNCc1sc(CSCC)nc1C(C)C. The molecule has 0 amide bonds. The van der Waals surface area contributed by atoms with Gasteiger partial charge < -0.3 is 5.32 Å². The first-order chi connectivity index (χ1) is 7.69. The molecule has 1 rings (SSSR count). The van der Waals surface area contributed by atoms with Crippen molar-refractivity contribution in [3.8, 4) is 0 Å². The molecular weight excluding hydrogens is 236 g/mol. The number of nitrogens with one attached hydrogen (secondary N) is 1. The number of aromatic nitrogens is 1. The molecule has 2 nitrogen and oxygen atoms in total. The van der Waals surface area contributed by atoms with Crippen molar-refractivity contribution >= 4 is 23.1 Å². The van der Waals surface area contributed by atoms with Crippen molar-refractivity contribution in [1.29, 1.82) is 0 Å². The van der Waals surface area contributed by atoms with Crippen molar-refractivity contribution in [2.45, 2.75) is 45.9 Å². The third-order valence-corrected chi connectivity index (χ3v) is 4.42. The van der Waals surface area contributed by atoms with Crippen LogP contribution in [0.5, 0.6) is 0 Å². The van der Waals surface area contributed by atoms with E-state index in [-0.39, 0.29) is 0 Å². The van der Waals surface area contributed by atoms with Gasteiger partial charge in [-0.15, -0.1) is 11.3 Å². The standard InChI is InChI=1S/C12H22N2S2/c1-5-13-7-10-12(9(3)4)14-11(16-10)8-15-6-2/h9,13H,5-8H2,1-4H3. The number of hydrogen-bond acceptors (Lipinski definition) is 4. The maximum absolute atomic E-state index is 4.76. The summed E-state index contributed by atoms with van der Waals surface area (Å²) >= 11 is 3.82. The molecule has 1 aromatic rings. The topological polar surface area (TPSA) is 24.9 Å². The molecule has 0 saturated heterocycles. The van der Waals surface area contributed by atoms with E-state index in [0.717, 1.165) is 18.8 Å². The van der Waals surface area contributed by atoms with Gasteiger partial charge in [0.05, 0.1) is 5.69 Å². The predicted octanol–water partition coefficient (Wildman–Crippen LogP) is 3.63. The Bertz CT molecular complexity index is 308. The lowest BCUT2D eigenvalue weighted by Crippen LogP contribution is -2.12. The summed E-state index contributed by atoms with van der Waals surface area (Å²) < 4.78 is 0. The van der Waals surface area contributed by atoms with Gasteiger partial charge in [-0.2, -0.15) is 11.8 Å². The summed E-state index contributed by atoms with van der Waals surface area (Å²) in [6.07, 6.45) is 0. The summed E-state index contributed by atoms with van der Waals surface area (Å²) in [4.78, 5) is 6.18. The van der Waals surface area contributed by atoms with Crippen LogP contribution in [0, 0.1) is 0 Å². The van der Waals surface area contributed by atoms with Crippen molar-refractivity contribution in [2.75, 3.05) is 12.3 Å². The Morgan fingerprint density at radius 3 is 2.69 bits per heavy atom. The lowest BCUT2D eigenvalue weighted by Gasteiger charge is -2.04. The molecule has 0 radical (unpaired) electrons. The van der Waals surface area contributed by atoms with Crippen molar-refractivity contribution in [3.05, 3.63) is 15.6 Å². The summed E-state index contributed by atoms with van der Waals surface area (Å²) in [5, 5.41) is 4.67. The van der Waals surface area contributed by atoms with E-state index >= 15 is 0 Å². The average Bonchev–Trinajstić information content (AvgIpc) is 2.67. The molecule has 0 fully saturated rings. The second-order valence-electron chi connectivity index (χ2n) is 3.99. The Hall–Kier alpha value is -0.0600. The first kappa shape index (κ1) is 14.0. The van der Waals surface area contributed by atoms with Crippen molar-refractivity contribution in [2.24, 2.45) is 0 Å². The molecule has 0 aromatic carbocycles. The lowest BCUT2D eigenvalue weighted by molar-refractivity contribution is 0.713. The van der Waals surface area contributed by atoms with Gasteiger partial charge in [0.2, 0.25) is 0 Å². The molecule has 1 N–H and O–H groups in total. The number of rotatable bonds is 7. The summed E-state index contributed by atoms with van der Waals surface area (Å²) in [7, 11) is 0. The minimum absolute atomic E-state index is 0.533. The van der Waals surface area contributed by atoms with E-state index < -0.39 is 0 Å². The molecule has 0 spiro atoms. The zero-order chi connectivity index (χ0) is 12.0. The van der Waals surface area contributed by atoms with Gasteiger partial charge in [-0.25, -0.2) is 4.98 Å². The molecule has 0 aliphatic carbocycles. The Morgan fingerprint density at radius 1 is 1.38 bits per heavy atom. The molecule has 4 heteroatoms. The van der Waals surface area contributed by atoms with Crippen LogP contribution in [-0.4, -0.2) is 17.3 Å². The second kappa shape index (κ2) is 7.30. The van der Waals surface area contributed by atoms with E-state index in [4.69, 9.17) is 4.98 Å². The minimum atomic E-state index is 0.533. The fraction of sp³-hybridized carbons (Fsp3) is 0.750. The van der Waals surface area contributed by atoms with Crippen LogP contribution in [0.1, 0.15) is 49.2 Å². The Kier molecular flexibility index (Phi) is 6.39. The van der Waals surface area contributed by atoms with E-state index in [0.29, 0.717) is 5.92 Å². The van der Waals surface area contributed by atoms with Crippen LogP contribution < -0.4 is 5.32 Å². The van der Waals surface area contributed by atoms with Crippen LogP contribution in [0.15, 0.2) is 0 Å². The zero-order valence-corrected chi connectivity index (χ0v) is 12.3. The fourth-order valence-corrected chi connectivity index (χ4v) is 3.40. The number of thiazole rings is 1. The predicted molar refractivity (Wildman–Crippen MR) is 75.4 cm³/mol. The maximum Gasteiger partial charge on any atom is 0.103 e. The molecule has 1 aromatic heterocycles. The molecule has 0 atom stereocenters. The Balaban J connectivity index is 2.74. The Morgan fingerprint density at radius 2 is 2.12 bits per heavy atom. The molecule has 92 valence electrons. The number of hydrogen-bond donors (Lipinski definition) is 1. The molecule has 0 saturated carbocycles. The van der Waals surface area contributed by atoms with Crippen LogP contribution in [0.3, 0.4) is 0 Å². The largest absolute Gasteiger partial charge is 0.312 e. The molecule has 0 aliphatic rings.